The van der Waals surface area contributed by atoms with Gasteiger partial charge in [0.25, 0.3) is 0 Å². The molecule has 1 aromatic rings. The second kappa shape index (κ2) is 5.93. The number of nitrogens with one attached hydrogen (secondary N) is 1. The zero-order valence-electron chi connectivity index (χ0n) is 11.5. The lowest BCUT2D eigenvalue weighted by Gasteiger charge is -2.23. The molecule has 0 saturated carbocycles. The number of nitrogens with zero attached hydrogens (tertiary/aromatic N) is 3. The van der Waals surface area contributed by atoms with Gasteiger partial charge < -0.3 is 15.8 Å². The van der Waals surface area contributed by atoms with Crippen molar-refractivity contribution in [1.29, 1.82) is 5.26 Å². The first kappa shape index (κ1) is 13.7. The Kier molecular flexibility index (Phi) is 4.27. The van der Waals surface area contributed by atoms with E-state index in [9.17, 15) is 5.26 Å². The van der Waals surface area contributed by atoms with Gasteiger partial charge in [-0.1, -0.05) is 6.92 Å². The maximum Gasteiger partial charge on any atom is 0.168 e. The van der Waals surface area contributed by atoms with Crippen LogP contribution in [0.25, 0.3) is 0 Å². The molecule has 6 heteroatoms. The highest BCUT2D eigenvalue weighted by Gasteiger charge is 2.21. The number of aromatic nitrogens is 2. The molecular weight excluding hydrogens is 242 g/mol. The van der Waals surface area contributed by atoms with Gasteiger partial charge in [0, 0.05) is 19.3 Å². The number of ether oxygens (including phenoxy) is 1. The van der Waals surface area contributed by atoms with Crippen LogP contribution in [0.2, 0.25) is 0 Å². The van der Waals surface area contributed by atoms with Gasteiger partial charge in [-0.3, -0.25) is 0 Å². The quantitative estimate of drug-likeness (QED) is 0.866. The smallest absolute Gasteiger partial charge is 0.168 e. The average molecular weight is 263 g/mol. The highest BCUT2D eigenvalue weighted by atomic mass is 16.5. The second-order valence-electron chi connectivity index (χ2n) is 4.95. The largest absolute Gasteiger partial charge is 0.383 e. The molecule has 1 fully saturated rings. The molecule has 0 radical (unpaired) electrons. The lowest BCUT2D eigenvalue weighted by molar-refractivity contribution is 0.0903. The summed E-state index contributed by atoms with van der Waals surface area (Å²) in [6.07, 6.45) is 2.79. The summed E-state index contributed by atoms with van der Waals surface area (Å²) in [5, 5.41) is 17.0. The van der Waals surface area contributed by atoms with Gasteiger partial charge in [0.2, 0.25) is 0 Å². The summed E-state index contributed by atoms with van der Waals surface area (Å²) in [6, 6.07) is 2.65. The van der Waals surface area contributed by atoms with Crippen LogP contribution in [-0.4, -0.2) is 29.0 Å². The number of nitriles is 1. The first-order chi connectivity index (χ1) is 9.17. The van der Waals surface area contributed by atoms with Crippen molar-refractivity contribution in [2.75, 3.05) is 24.3 Å². The normalized spacial score (nSPS) is 17.9. The molecule has 1 unspecified atom stereocenters. The Bertz CT molecular complexity index is 470. The molecule has 6 nitrogen and oxygen atoms in total. The van der Waals surface area contributed by atoms with Gasteiger partial charge in [-0.05, 0) is 26.2 Å². The third-order valence-corrected chi connectivity index (χ3v) is 3.63. The summed E-state index contributed by atoms with van der Waals surface area (Å²) in [5.74, 6) is 1.05. The van der Waals surface area contributed by atoms with Crippen molar-refractivity contribution >= 4 is 11.6 Å². The van der Waals surface area contributed by atoms with Crippen LogP contribution in [-0.2, 0) is 4.74 Å². The summed E-state index contributed by atoms with van der Waals surface area (Å²) < 4.78 is 7.06. The minimum atomic E-state index is 0.192. The van der Waals surface area contributed by atoms with E-state index >= 15 is 0 Å². The van der Waals surface area contributed by atoms with Crippen molar-refractivity contribution in [1.82, 2.24) is 9.78 Å². The number of rotatable bonds is 4. The summed E-state index contributed by atoms with van der Waals surface area (Å²) in [7, 11) is 0. The Hall–Kier alpha value is -1.74. The van der Waals surface area contributed by atoms with E-state index in [1.807, 2.05) is 6.92 Å². The van der Waals surface area contributed by atoms with Gasteiger partial charge in [0.1, 0.15) is 17.5 Å². The van der Waals surface area contributed by atoms with Crippen molar-refractivity contribution in [2.24, 2.45) is 0 Å². The van der Waals surface area contributed by atoms with Gasteiger partial charge in [-0.25, -0.2) is 4.68 Å². The highest BCUT2D eigenvalue weighted by molar-refractivity contribution is 5.64. The van der Waals surface area contributed by atoms with Gasteiger partial charge in [0.05, 0.1) is 6.04 Å². The van der Waals surface area contributed by atoms with Gasteiger partial charge in [0.15, 0.2) is 5.82 Å². The van der Waals surface area contributed by atoms with Crippen LogP contribution in [0, 0.1) is 11.3 Å². The molecule has 1 aromatic heterocycles. The predicted octanol–water partition coefficient (Wildman–Crippen LogP) is 1.90. The monoisotopic (exact) mass is 263 g/mol. The molecule has 0 aliphatic carbocycles. The van der Waals surface area contributed by atoms with Crippen molar-refractivity contribution in [2.45, 2.75) is 45.2 Å². The van der Waals surface area contributed by atoms with Crippen LogP contribution >= 0.6 is 0 Å². The minimum absolute atomic E-state index is 0.192. The Balaban J connectivity index is 2.22. The number of nitrogen functional groups attached to an aromatic ring is 1. The van der Waals surface area contributed by atoms with Gasteiger partial charge in [-0.2, -0.15) is 10.4 Å². The van der Waals surface area contributed by atoms with E-state index in [1.165, 1.54) is 0 Å². The van der Waals surface area contributed by atoms with Crippen LogP contribution in [0.15, 0.2) is 0 Å². The summed E-state index contributed by atoms with van der Waals surface area (Å²) in [4.78, 5) is 0. The zero-order chi connectivity index (χ0) is 13.8. The molecule has 1 saturated heterocycles. The molecule has 0 aromatic carbocycles. The number of nitrogens with two attached hydrogens (primary N) is 1. The van der Waals surface area contributed by atoms with Crippen molar-refractivity contribution in [3.63, 3.8) is 0 Å². The molecule has 0 amide bonds. The zero-order valence-corrected chi connectivity index (χ0v) is 11.5. The van der Waals surface area contributed by atoms with Crippen LogP contribution in [0.5, 0.6) is 0 Å². The molecule has 1 aliphatic heterocycles. The topological polar surface area (TPSA) is 88.9 Å². The molecule has 19 heavy (non-hydrogen) atoms. The van der Waals surface area contributed by atoms with Crippen LogP contribution in [0.4, 0.5) is 11.6 Å². The average Bonchev–Trinajstić information content (AvgIpc) is 2.75. The molecule has 3 N–H and O–H groups in total. The maximum atomic E-state index is 9.25. The van der Waals surface area contributed by atoms with Crippen molar-refractivity contribution in [3.05, 3.63) is 5.56 Å². The van der Waals surface area contributed by atoms with E-state index in [2.05, 4.69) is 23.4 Å². The minimum Gasteiger partial charge on any atom is -0.383 e. The lowest BCUT2D eigenvalue weighted by Crippen LogP contribution is -2.28. The molecule has 2 heterocycles. The fourth-order valence-electron chi connectivity index (χ4n) is 2.20. The Labute approximate surface area is 113 Å². The van der Waals surface area contributed by atoms with Crippen molar-refractivity contribution in [3.8, 4) is 6.07 Å². The number of hydrogen-bond donors (Lipinski definition) is 2. The first-order valence-corrected chi connectivity index (χ1v) is 6.79. The number of anilines is 2. The summed E-state index contributed by atoms with van der Waals surface area (Å²) in [5.41, 5.74) is 6.46. The Morgan fingerprint density at radius 1 is 1.58 bits per heavy atom. The first-order valence-electron chi connectivity index (χ1n) is 6.79. The standard InChI is InChI=1S/C13H21N5O/c1-3-9(2)18-12(15)11(8-14)13(17-18)16-10-4-6-19-7-5-10/h9-10H,3-7,15H2,1-2H3,(H,16,17). The van der Waals surface area contributed by atoms with E-state index in [0.29, 0.717) is 23.2 Å². The van der Waals surface area contributed by atoms with Crippen LogP contribution in [0.1, 0.15) is 44.7 Å². The van der Waals surface area contributed by atoms with Gasteiger partial charge in [-0.15, -0.1) is 0 Å². The lowest BCUT2D eigenvalue weighted by atomic mass is 10.1. The Morgan fingerprint density at radius 3 is 2.84 bits per heavy atom. The molecular formula is C13H21N5O. The summed E-state index contributed by atoms with van der Waals surface area (Å²) >= 11 is 0. The molecule has 1 atom stereocenters. The SMILES string of the molecule is CCC(C)n1nc(NC2CCOCC2)c(C#N)c1N. The fraction of sp³-hybridized carbons (Fsp3) is 0.692. The third-order valence-electron chi connectivity index (χ3n) is 3.63. The van der Waals surface area contributed by atoms with E-state index in [-0.39, 0.29) is 6.04 Å². The fourth-order valence-corrected chi connectivity index (χ4v) is 2.20. The number of hydrogen-bond acceptors (Lipinski definition) is 5. The van der Waals surface area contributed by atoms with Crippen molar-refractivity contribution < 1.29 is 4.74 Å². The third kappa shape index (κ3) is 2.82. The molecule has 104 valence electrons. The molecule has 2 rings (SSSR count). The highest BCUT2D eigenvalue weighted by Crippen LogP contribution is 2.26. The van der Waals surface area contributed by atoms with Gasteiger partial charge >= 0.3 is 0 Å². The Morgan fingerprint density at radius 2 is 2.26 bits per heavy atom. The second-order valence-corrected chi connectivity index (χ2v) is 4.95. The predicted molar refractivity (Wildman–Crippen MR) is 73.8 cm³/mol. The van der Waals surface area contributed by atoms with E-state index in [1.54, 1.807) is 4.68 Å². The maximum absolute atomic E-state index is 9.25. The molecule has 0 spiro atoms. The molecule has 0 bridgehead atoms. The van der Waals surface area contributed by atoms with E-state index in [4.69, 9.17) is 10.5 Å². The van der Waals surface area contributed by atoms with Crippen LogP contribution in [0.3, 0.4) is 0 Å². The van der Waals surface area contributed by atoms with E-state index in [0.717, 1.165) is 32.5 Å². The van der Waals surface area contributed by atoms with Crippen LogP contribution < -0.4 is 11.1 Å². The van der Waals surface area contributed by atoms with E-state index < -0.39 is 0 Å². The summed E-state index contributed by atoms with van der Waals surface area (Å²) in [6.45, 7) is 5.62. The molecule has 1 aliphatic rings.